The van der Waals surface area contributed by atoms with Crippen molar-refractivity contribution in [3.05, 3.63) is 84.4 Å². The van der Waals surface area contributed by atoms with E-state index in [1.165, 1.54) is 30.4 Å². The van der Waals surface area contributed by atoms with Crippen molar-refractivity contribution in [3.63, 3.8) is 0 Å². The molecular formula is C79H148F10S. The molecular weight excluding hydrogens is 1170 g/mol. The molecule has 0 heterocycles. The van der Waals surface area contributed by atoms with Crippen LogP contribution >= 0.6 is 12.6 Å². The van der Waals surface area contributed by atoms with Gasteiger partial charge in [0, 0.05) is 32.1 Å². The Morgan fingerprint density at radius 2 is 0.789 bits per heavy atom. The summed E-state index contributed by atoms with van der Waals surface area (Å²) in [5.74, 6) is 3.57. The predicted octanol–water partition coefficient (Wildman–Crippen LogP) is 30.3. The topological polar surface area (TPSA) is 0 Å². The zero-order valence-electron chi connectivity index (χ0n) is 65.2. The van der Waals surface area contributed by atoms with E-state index >= 15 is 0 Å². The molecule has 540 valence electrons. The SMILES string of the molecule is C#CCC(C)(C)C.C=CCC(C)(C)C.CC(C)(C)CC(F)(F)F.CC(C)(C)CC(F)F.CC(C)(C)CCC(F)(F)F.CC(C)(C)CCC(F)F.CC(C)(C)CS.CC(C)(C)Cc1ccccc1.CC(C)(C)c1ccccc1.CCC(C)(C)C.CCCC(C)(C)C. The largest absolute Gasteiger partial charge is 0.389 e. The van der Waals surface area contributed by atoms with Crippen LogP contribution < -0.4 is 0 Å². The fourth-order valence-electron chi connectivity index (χ4n) is 5.76. The van der Waals surface area contributed by atoms with Crippen LogP contribution in [0.1, 0.15) is 324 Å². The van der Waals surface area contributed by atoms with Crippen LogP contribution in [0.3, 0.4) is 0 Å². The van der Waals surface area contributed by atoms with Crippen LogP contribution in [0.15, 0.2) is 73.3 Å². The van der Waals surface area contributed by atoms with Gasteiger partial charge in [-0.15, -0.1) is 18.9 Å². The van der Waals surface area contributed by atoms with Gasteiger partial charge < -0.3 is 0 Å². The van der Waals surface area contributed by atoms with Crippen LogP contribution in [0.4, 0.5) is 43.9 Å². The molecule has 0 nitrogen and oxygen atoms in total. The minimum atomic E-state index is -4.02. The second-order valence-electron chi connectivity index (χ2n) is 36.5. The summed E-state index contributed by atoms with van der Waals surface area (Å²) < 4.78 is 116. The molecule has 0 N–H and O–H groups in total. The Labute approximate surface area is 560 Å². The Kier molecular flexibility index (Phi) is 58.8. The Balaban J connectivity index is -0.000000115. The van der Waals surface area contributed by atoms with Crippen molar-refractivity contribution in [1.29, 1.82) is 0 Å². The summed E-state index contributed by atoms with van der Waals surface area (Å²) >= 11 is 4.10. The van der Waals surface area contributed by atoms with Gasteiger partial charge in [-0.05, 0) is 109 Å². The maximum absolute atomic E-state index is 11.6. The molecule has 0 fully saturated rings. The highest BCUT2D eigenvalue weighted by Gasteiger charge is 2.33. The summed E-state index contributed by atoms with van der Waals surface area (Å²) in [6, 6.07) is 21.2. The first kappa shape index (κ1) is 106. The Hall–Kier alpha value is -2.61. The summed E-state index contributed by atoms with van der Waals surface area (Å²) in [6.45, 7) is 76.0. The first-order chi connectivity index (χ1) is 39.2. The molecule has 0 aliphatic carbocycles. The molecule has 0 aliphatic rings. The third-order valence-electron chi connectivity index (χ3n) is 10.9. The lowest BCUT2D eigenvalue weighted by Crippen LogP contribution is -2.18. The molecule has 11 heteroatoms. The molecule has 2 aromatic rings. The molecule has 0 radical (unpaired) electrons. The zero-order chi connectivity index (χ0) is 74.5. The van der Waals surface area contributed by atoms with Crippen molar-refractivity contribution >= 4 is 12.6 Å². The number of halogens is 10. The number of benzene rings is 2. The van der Waals surface area contributed by atoms with Gasteiger partial charge in [0.25, 0.3) is 0 Å². The van der Waals surface area contributed by atoms with E-state index in [4.69, 9.17) is 6.42 Å². The van der Waals surface area contributed by atoms with E-state index in [2.05, 4.69) is 245 Å². The molecule has 0 aliphatic heterocycles. The van der Waals surface area contributed by atoms with Crippen LogP contribution in [-0.2, 0) is 11.8 Å². The number of terminal acetylenes is 1. The molecule has 0 spiro atoms. The lowest BCUT2D eigenvalue weighted by atomic mass is 9.87. The summed E-state index contributed by atoms with van der Waals surface area (Å²) in [7, 11) is 0. The number of alkyl halides is 10. The molecule has 0 amide bonds. The monoisotopic (exact) mass is 1320 g/mol. The van der Waals surface area contributed by atoms with Crippen molar-refractivity contribution in [2.75, 3.05) is 5.75 Å². The number of rotatable bonds is 7. The average Bonchev–Trinajstić information content (AvgIpc) is 3.25. The third kappa shape index (κ3) is 138. The van der Waals surface area contributed by atoms with E-state index < -0.39 is 43.5 Å². The number of allylic oxidation sites excluding steroid dienone is 1. The van der Waals surface area contributed by atoms with Gasteiger partial charge in [0.2, 0.25) is 12.9 Å². The molecule has 0 unspecified atom stereocenters. The minimum Gasteiger partial charge on any atom is -0.211 e. The van der Waals surface area contributed by atoms with Crippen molar-refractivity contribution < 1.29 is 43.9 Å². The highest BCUT2D eigenvalue weighted by molar-refractivity contribution is 7.80. The third-order valence-corrected chi connectivity index (χ3v) is 11.9. The second-order valence-corrected chi connectivity index (χ2v) is 36.8. The van der Waals surface area contributed by atoms with Gasteiger partial charge in [-0.25, -0.2) is 17.6 Å². The van der Waals surface area contributed by atoms with Crippen molar-refractivity contribution in [1.82, 2.24) is 0 Å². The van der Waals surface area contributed by atoms with E-state index in [-0.39, 0.29) is 35.5 Å². The number of thiol groups is 1. The van der Waals surface area contributed by atoms with Gasteiger partial charge in [-0.2, -0.15) is 39.0 Å². The first-order valence-corrected chi connectivity index (χ1v) is 33.3. The second kappa shape index (κ2) is 49.9. The maximum atomic E-state index is 11.6. The van der Waals surface area contributed by atoms with Crippen LogP contribution in [0.25, 0.3) is 0 Å². The molecule has 2 rings (SSSR count). The average molecular weight is 1320 g/mol. The van der Waals surface area contributed by atoms with Gasteiger partial charge >= 0.3 is 12.4 Å². The molecule has 0 bridgehead atoms. The Morgan fingerprint density at radius 1 is 0.433 bits per heavy atom. The van der Waals surface area contributed by atoms with Gasteiger partial charge in [0.05, 0.1) is 0 Å². The Morgan fingerprint density at radius 3 is 0.889 bits per heavy atom. The standard InChI is InChI=1S/C11H16.C10H14.C7H13F3.C7H14F2.C7H16.C7H14.C7H12.C6H11F3.C6H12F2.C6H14.C5H12S/c1-11(2,3)9-10-7-5-4-6-8-10;1-10(2,3)9-7-5-4-6-8-9;1-6(2,3)4-5-7(8,9)10;1-7(2,3)5-4-6(8)9;3*1-5-6-7(2,3)4;1-5(2,3)4-6(7,8)9;1-6(2,3)4-5(7)8;1-5-6(2,3)4;1-5(2,3)4-6/h4-8H,9H2,1-3H3;4-8H,1-3H3;4-5H2,1-3H3;6H,4-5H2,1-3H3;5-6H2,1-4H3;5H,1,6H2,2-4H3;1H,6H2,2-4H3;4H2,1-3H3;5H,4H2,1-3H3;5H2,1-4H3;6H,4H2,1-3H3. The summed E-state index contributed by atoms with van der Waals surface area (Å²) in [6.07, 6.45) is 1.23. The van der Waals surface area contributed by atoms with E-state index in [0.717, 1.165) is 25.0 Å². The summed E-state index contributed by atoms with van der Waals surface area (Å²) in [5.41, 5.74) is 4.74. The fraction of sp³-hybridized carbons (Fsp3) is 0.797. The van der Waals surface area contributed by atoms with Crippen LogP contribution in [0.2, 0.25) is 0 Å². The minimum absolute atomic E-state index is 0.00694. The van der Waals surface area contributed by atoms with Crippen LogP contribution in [0.5, 0.6) is 0 Å². The summed E-state index contributed by atoms with van der Waals surface area (Å²) in [5, 5.41) is 0. The molecule has 0 aromatic heterocycles. The van der Waals surface area contributed by atoms with E-state index in [0.29, 0.717) is 44.3 Å². The fourth-order valence-corrected chi connectivity index (χ4v) is 5.76. The number of hydrogen-bond acceptors (Lipinski definition) is 1. The highest BCUT2D eigenvalue weighted by Crippen LogP contribution is 2.33. The Bertz CT molecular complexity index is 1870. The summed E-state index contributed by atoms with van der Waals surface area (Å²) in [4.78, 5) is 0. The first-order valence-electron chi connectivity index (χ1n) is 32.7. The molecule has 0 saturated heterocycles. The van der Waals surface area contributed by atoms with Crippen LogP contribution in [-0.4, -0.2) is 31.0 Å². The van der Waals surface area contributed by atoms with Crippen molar-refractivity contribution in [2.45, 2.75) is 350 Å². The van der Waals surface area contributed by atoms with Gasteiger partial charge in [-0.3, -0.25) is 0 Å². The smallest absolute Gasteiger partial charge is 0.211 e. The molecule has 0 atom stereocenters. The van der Waals surface area contributed by atoms with Gasteiger partial charge in [0.1, 0.15) is 0 Å². The molecule has 90 heavy (non-hydrogen) atoms. The predicted molar refractivity (Wildman–Crippen MR) is 389 cm³/mol. The lowest BCUT2D eigenvalue weighted by Gasteiger charge is -2.19. The molecule has 0 saturated carbocycles. The zero-order valence-corrected chi connectivity index (χ0v) is 66.1. The van der Waals surface area contributed by atoms with Crippen LogP contribution in [0, 0.1) is 66.5 Å². The van der Waals surface area contributed by atoms with E-state index in [1.54, 1.807) is 62.3 Å². The quantitative estimate of drug-likeness (QED) is 0.121. The molecule has 2 aromatic carbocycles. The van der Waals surface area contributed by atoms with Gasteiger partial charge in [-0.1, -0.05) is 322 Å². The van der Waals surface area contributed by atoms with E-state index in [9.17, 15) is 43.9 Å². The number of hydrogen-bond donors (Lipinski definition) is 1. The van der Waals surface area contributed by atoms with Gasteiger partial charge in [0.15, 0.2) is 0 Å². The maximum Gasteiger partial charge on any atom is 0.389 e. The lowest BCUT2D eigenvalue weighted by molar-refractivity contribution is -0.152. The highest BCUT2D eigenvalue weighted by atomic mass is 32.1. The van der Waals surface area contributed by atoms with E-state index in [1.807, 2.05) is 26.8 Å². The normalized spacial score (nSPS) is 12.3. The van der Waals surface area contributed by atoms with Crippen molar-refractivity contribution in [3.8, 4) is 12.3 Å². The van der Waals surface area contributed by atoms with Crippen molar-refractivity contribution in [2.24, 2.45) is 54.1 Å².